The molecule has 7 saturated heterocycles. The monoisotopic (exact) mass is 1640 g/mol. The maximum Gasteiger partial charge on any atom is 0.220 e. The van der Waals surface area contributed by atoms with Crippen LogP contribution in [0.15, 0.2) is 12.2 Å². The second-order valence-electron chi connectivity index (χ2n) is 31.4. The fourth-order valence-electron chi connectivity index (χ4n) is 15.4. The number of aliphatic hydroxyl groups excluding tert-OH is 19. The van der Waals surface area contributed by atoms with Crippen LogP contribution in [0.1, 0.15) is 195 Å². The number of nitrogens with one attached hydrogen (secondary N) is 1. The third-order valence-corrected chi connectivity index (χ3v) is 22.6. The first-order valence-electron chi connectivity index (χ1n) is 41.4. The Labute approximate surface area is 661 Å². The van der Waals surface area contributed by atoms with Gasteiger partial charge in [0.05, 0.1) is 76.1 Å². The first-order chi connectivity index (χ1) is 54.2. The average molecular weight is 1640 g/mol. The molecular weight excluding hydrogens is 1500 g/mol. The van der Waals surface area contributed by atoms with E-state index in [0.717, 1.165) is 51.4 Å². The first kappa shape index (κ1) is 97.9. The van der Waals surface area contributed by atoms with Gasteiger partial charge in [0, 0.05) is 6.42 Å². The lowest BCUT2D eigenvalue weighted by molar-refractivity contribution is -0.400. The molecular formula is C76H139N3O34. The Kier molecular flexibility index (Phi) is 43.6. The molecule has 7 fully saturated rings. The Morgan fingerprint density at radius 2 is 0.717 bits per heavy atom. The van der Waals surface area contributed by atoms with Gasteiger partial charge in [-0.1, -0.05) is 167 Å². The van der Waals surface area contributed by atoms with Gasteiger partial charge in [-0.2, -0.15) is 0 Å². The van der Waals surface area contributed by atoms with Crippen molar-refractivity contribution in [3.63, 3.8) is 0 Å². The van der Waals surface area contributed by atoms with Crippen LogP contribution in [0.25, 0.3) is 0 Å². The normalized spacial score (nSPS) is 41.2. The van der Waals surface area contributed by atoms with Crippen LogP contribution in [0.4, 0.5) is 0 Å². The molecule has 0 saturated carbocycles. The van der Waals surface area contributed by atoms with Crippen molar-refractivity contribution in [3.05, 3.63) is 12.2 Å². The van der Waals surface area contributed by atoms with E-state index in [-0.39, 0.29) is 12.3 Å². The van der Waals surface area contributed by atoms with Crippen LogP contribution in [0.3, 0.4) is 0 Å². The summed E-state index contributed by atoms with van der Waals surface area (Å²) in [7, 11) is 0. The van der Waals surface area contributed by atoms with Crippen LogP contribution in [0.2, 0.25) is 0 Å². The van der Waals surface area contributed by atoms with Gasteiger partial charge in [0.2, 0.25) is 5.91 Å². The second-order valence-corrected chi connectivity index (χ2v) is 31.4. The number of carbonyl (C=O) groups excluding carboxylic acids is 1. The Balaban J connectivity index is 1.02. The van der Waals surface area contributed by atoms with Gasteiger partial charge in [0.1, 0.15) is 146 Å². The molecule has 0 radical (unpaired) electrons. The number of hydrogen-bond donors (Lipinski definition) is 22. The fourth-order valence-corrected chi connectivity index (χ4v) is 15.4. The number of amides is 1. The molecule has 0 spiro atoms. The number of nitrogens with two attached hydrogens (primary N) is 2. The van der Waals surface area contributed by atoms with Crippen LogP contribution >= 0.6 is 0 Å². The first-order valence-corrected chi connectivity index (χ1v) is 41.4. The van der Waals surface area contributed by atoms with E-state index in [9.17, 15) is 102 Å². The number of hydrogen-bond acceptors (Lipinski definition) is 36. The number of aliphatic hydroxyl groups is 19. The van der Waals surface area contributed by atoms with Crippen molar-refractivity contribution in [2.24, 2.45) is 11.5 Å². The molecule has 1 amide bonds. The van der Waals surface area contributed by atoms with Crippen LogP contribution in [0, 0.1) is 0 Å². The second kappa shape index (κ2) is 50.3. The minimum atomic E-state index is -2.23. The van der Waals surface area contributed by atoms with Crippen molar-refractivity contribution in [1.29, 1.82) is 0 Å². The van der Waals surface area contributed by atoms with E-state index in [2.05, 4.69) is 19.2 Å². The predicted molar refractivity (Wildman–Crippen MR) is 395 cm³/mol. The Bertz CT molecular complexity index is 2610. The lowest BCUT2D eigenvalue weighted by Crippen LogP contribution is -2.71. The molecule has 113 heavy (non-hydrogen) atoms. The van der Waals surface area contributed by atoms with Gasteiger partial charge in [-0.3, -0.25) is 4.79 Å². The summed E-state index contributed by atoms with van der Waals surface area (Å²) >= 11 is 0. The van der Waals surface area contributed by atoms with Crippen molar-refractivity contribution in [2.45, 2.75) is 422 Å². The summed E-state index contributed by atoms with van der Waals surface area (Å²) in [6.07, 6.45) is -30.5. The van der Waals surface area contributed by atoms with Crippen molar-refractivity contribution in [2.75, 3.05) is 39.6 Å². The molecule has 37 heteroatoms. The van der Waals surface area contributed by atoms with E-state index >= 15 is 0 Å². The summed E-state index contributed by atoms with van der Waals surface area (Å²) in [5.41, 5.74) is 13.5. The molecule has 7 rings (SSSR count). The number of allylic oxidation sites excluding steroid dienone is 1. The molecule has 662 valence electrons. The summed E-state index contributed by atoms with van der Waals surface area (Å²) in [6.45, 7) is 1.66. The highest BCUT2D eigenvalue weighted by Crippen LogP contribution is 2.39. The van der Waals surface area contributed by atoms with Crippen LogP contribution in [0.5, 0.6) is 0 Å². The quantitative estimate of drug-likeness (QED) is 0.0206. The fraction of sp³-hybridized carbons (Fsp3) is 0.961. The van der Waals surface area contributed by atoms with Crippen molar-refractivity contribution in [3.8, 4) is 0 Å². The smallest absolute Gasteiger partial charge is 0.220 e. The van der Waals surface area contributed by atoms with E-state index in [4.69, 9.17) is 77.8 Å². The summed E-state index contributed by atoms with van der Waals surface area (Å²) in [6, 6.07) is -4.66. The molecule has 0 aliphatic carbocycles. The van der Waals surface area contributed by atoms with Crippen LogP contribution < -0.4 is 16.8 Å². The Hall–Kier alpha value is -2.19. The maximum atomic E-state index is 13.6. The molecule has 37 nitrogen and oxygen atoms in total. The maximum absolute atomic E-state index is 13.6. The molecule has 27 unspecified atom stereocenters. The van der Waals surface area contributed by atoms with Gasteiger partial charge in [0.25, 0.3) is 0 Å². The summed E-state index contributed by atoms with van der Waals surface area (Å²) in [5, 5.41) is 214. The van der Waals surface area contributed by atoms with Crippen LogP contribution in [-0.4, -0.2) is 370 Å². The van der Waals surface area contributed by atoms with Gasteiger partial charge in [-0.15, -0.1) is 0 Å². The summed E-state index contributed by atoms with van der Waals surface area (Å²) < 4.78 is 83.9. The minimum Gasteiger partial charge on any atom is -0.394 e. The average Bonchev–Trinajstić information content (AvgIpc) is 0.764. The van der Waals surface area contributed by atoms with Gasteiger partial charge >= 0.3 is 0 Å². The molecule has 0 aromatic rings. The zero-order valence-corrected chi connectivity index (χ0v) is 65.9. The molecule has 7 aliphatic heterocycles. The zero-order chi connectivity index (χ0) is 82.6. The van der Waals surface area contributed by atoms with E-state index < -0.39 is 267 Å². The molecule has 37 atom stereocenters. The highest BCUT2D eigenvalue weighted by atomic mass is 16.8. The summed E-state index contributed by atoms with van der Waals surface area (Å²) in [5.74, 6) is -0.343. The number of ether oxygens (including phenoxy) is 14. The van der Waals surface area contributed by atoms with E-state index in [1.165, 1.54) is 110 Å². The number of rotatable bonds is 49. The minimum absolute atomic E-state index is 0.173. The Morgan fingerprint density at radius 1 is 0.354 bits per heavy atom. The van der Waals surface area contributed by atoms with Crippen molar-refractivity contribution >= 4 is 5.91 Å². The van der Waals surface area contributed by atoms with Crippen LogP contribution in [-0.2, 0) is 71.1 Å². The molecule has 7 heterocycles. The lowest BCUT2D eigenvalue weighted by atomic mass is 9.94. The van der Waals surface area contributed by atoms with E-state index in [1.807, 2.05) is 6.08 Å². The highest BCUT2D eigenvalue weighted by molar-refractivity contribution is 5.76. The van der Waals surface area contributed by atoms with Crippen molar-refractivity contribution < 1.29 is 168 Å². The molecule has 0 aromatic heterocycles. The molecule has 0 aromatic carbocycles. The third kappa shape index (κ3) is 27.7. The number of carbonyl (C=O) groups is 1. The SMILES string of the molecule is CCCCCCCCCCCCC/C=C/C(O)C(COC1OC(CO)[C@H](O)C(OC2OC(CO)[C@H](OC3OC(CO)[C@H](O)C(OC4OC(CO)[C@H](O[C@@H]5OC(CO)[C@H](O)C(O)C5O[C@@H]5OC(C)[C@H](O)C(O)C5O)C(O[C@H]5OC(C)[C@@H](O)C(O)C5O)C4N)C3O)C(O)C2N)C1O)NC(=O)CCCCCCCCCCCCCCC. The molecule has 7 aliphatic rings. The Morgan fingerprint density at radius 3 is 1.19 bits per heavy atom. The zero-order valence-electron chi connectivity index (χ0n) is 65.9. The largest absolute Gasteiger partial charge is 0.394 e. The molecule has 24 N–H and O–H groups in total. The third-order valence-electron chi connectivity index (χ3n) is 22.6. The van der Waals surface area contributed by atoms with E-state index in [1.54, 1.807) is 6.08 Å². The van der Waals surface area contributed by atoms with Gasteiger partial charge in [-0.25, -0.2) is 0 Å². The van der Waals surface area contributed by atoms with Gasteiger partial charge in [0.15, 0.2) is 44.0 Å². The highest BCUT2D eigenvalue weighted by Gasteiger charge is 2.59. The summed E-state index contributed by atoms with van der Waals surface area (Å²) in [4.78, 5) is 13.6. The number of unbranched alkanes of at least 4 members (excludes halogenated alkanes) is 23. The van der Waals surface area contributed by atoms with E-state index in [0.29, 0.717) is 12.8 Å². The van der Waals surface area contributed by atoms with Gasteiger partial charge < -0.3 is 180 Å². The van der Waals surface area contributed by atoms with Crippen molar-refractivity contribution in [1.82, 2.24) is 5.32 Å². The predicted octanol–water partition coefficient (Wildman–Crippen LogP) is -3.68. The van der Waals surface area contributed by atoms with Gasteiger partial charge in [-0.05, 0) is 33.1 Å². The topological polar surface area (TPSA) is 595 Å². The molecule has 0 bridgehead atoms. The lowest BCUT2D eigenvalue weighted by Gasteiger charge is -2.51. The standard InChI is InChI=1S/C76H139N3O34/c1-5-7-9-11-13-15-17-19-21-23-25-27-29-31-42(85)41(79-48(86)32-30-28-26-24-22-20-18-16-14-12-10-8-6-2)38-100-72-62(98)67(54(90)44(34-81)103-72)111-70-49(77)56(92)64(46(36-83)106-70)108-75-63(99)68(55(91)45(35-82)104-75)112-71-50(78)66(110-73-60(96)57(93)51(87)39(3)101-73)65(47(37-84)107-71)109-76-69(59(95)53(89)43(33-80)105-76)113-74-61(97)58(94)52(88)40(4)102-74/h29,31,39-47,49-76,80-85,87-99H,5-28,30,32-38,77-78H2,1-4H3,(H,79,86)/b31-29+/t39?,40?,41?,42?,43?,44?,45?,46?,47?,49?,50?,51-,52+,53+,54+,55+,56?,57?,58?,59?,60?,61?,62?,63?,64+,65+,66?,67?,68?,69?,70?,71?,72?,73-,74+,75?,76+/m1/s1.